The third kappa shape index (κ3) is 11.4. The number of alkyl halides is 2. The van der Waals surface area contributed by atoms with Gasteiger partial charge in [0.2, 0.25) is 11.8 Å². The number of alkyl carbamates (subject to hydrolysis) is 2. The average Bonchev–Trinajstić information content (AvgIpc) is 2.95. The van der Waals surface area contributed by atoms with Gasteiger partial charge in [0.15, 0.2) is 6.10 Å². The topological polar surface area (TPSA) is 187 Å². The van der Waals surface area contributed by atoms with Gasteiger partial charge in [-0.05, 0) is 52.5 Å². The molecule has 0 radical (unpaired) electrons. The van der Waals surface area contributed by atoms with Crippen LogP contribution in [0, 0.1) is 5.92 Å². The average molecular weight is 709 g/mol. The molecule has 1 aliphatic carbocycles. The van der Waals surface area contributed by atoms with E-state index in [0.29, 0.717) is 10.2 Å². The summed E-state index contributed by atoms with van der Waals surface area (Å²) >= 11 is 14.7. The largest absolute Gasteiger partial charge is 0.497 e. The molecule has 16 heteroatoms. The summed E-state index contributed by atoms with van der Waals surface area (Å²) in [4.78, 5) is 64.0. The van der Waals surface area contributed by atoms with Crippen molar-refractivity contribution in [2.24, 2.45) is 11.7 Å². The predicted molar refractivity (Wildman–Crippen MR) is 163 cm³/mol. The van der Waals surface area contributed by atoms with E-state index in [9.17, 15) is 24.0 Å². The Hall–Kier alpha value is -3.23. The maximum Gasteiger partial charge on any atom is 0.407 e. The van der Waals surface area contributed by atoms with Crippen LogP contribution < -0.4 is 31.7 Å². The molecule has 0 saturated carbocycles. The van der Waals surface area contributed by atoms with E-state index >= 15 is 0 Å². The number of amides is 5. The van der Waals surface area contributed by atoms with Crippen LogP contribution in [0.3, 0.4) is 0 Å². The van der Waals surface area contributed by atoms with Crippen LogP contribution in [0.15, 0.2) is 34.3 Å². The van der Waals surface area contributed by atoms with Crippen LogP contribution in [0.25, 0.3) is 0 Å². The number of nitrogens with two attached hydrogens (primary N) is 1. The lowest BCUT2D eigenvalue weighted by Gasteiger charge is -2.36. The minimum atomic E-state index is -1.29. The van der Waals surface area contributed by atoms with E-state index < -0.39 is 54.2 Å². The van der Waals surface area contributed by atoms with Gasteiger partial charge in [0.1, 0.15) is 17.9 Å². The van der Waals surface area contributed by atoms with Gasteiger partial charge in [0.25, 0.3) is 5.91 Å². The van der Waals surface area contributed by atoms with Crippen molar-refractivity contribution in [3.05, 3.63) is 39.9 Å². The highest BCUT2D eigenvalue weighted by Crippen LogP contribution is 2.28. The zero-order valence-electron chi connectivity index (χ0n) is 23.9. The summed E-state index contributed by atoms with van der Waals surface area (Å²) in [7, 11) is 1.44. The lowest BCUT2D eigenvalue weighted by molar-refractivity contribution is -0.126. The Kier molecular flexibility index (Phi) is 14.9. The summed E-state index contributed by atoms with van der Waals surface area (Å²) in [6.45, 7) is 3.89. The Morgan fingerprint density at radius 1 is 1.02 bits per heavy atom. The molecule has 0 aliphatic heterocycles. The zero-order chi connectivity index (χ0) is 32.1. The lowest BCUT2D eigenvalue weighted by atomic mass is 9.89. The Morgan fingerprint density at radius 3 is 2.21 bits per heavy atom. The smallest absolute Gasteiger partial charge is 0.407 e. The molecule has 5 amide bonds. The second kappa shape index (κ2) is 17.8. The molecule has 2 rings (SSSR count). The fourth-order valence-corrected chi connectivity index (χ4v) is 4.76. The van der Waals surface area contributed by atoms with E-state index in [2.05, 4.69) is 37.2 Å². The Morgan fingerprint density at radius 2 is 1.65 bits per heavy atom. The SMILES string of the molecule is COc1ccc(Br)c(C(=O)N[C@@H]2C=C(C(=O)N[C@H](CC(C)C)C(N)=O)C[C@@H](OC(=O)NCCCl)[C@@H]2OC(=O)NCCCl)c1. The van der Waals surface area contributed by atoms with Crippen LogP contribution in [0.2, 0.25) is 0 Å². The maximum atomic E-state index is 13.4. The quantitative estimate of drug-likeness (QED) is 0.182. The summed E-state index contributed by atoms with van der Waals surface area (Å²) in [6, 6.07) is 2.59. The minimum Gasteiger partial charge on any atom is -0.497 e. The Bertz CT molecular complexity index is 1200. The molecule has 0 heterocycles. The molecule has 13 nitrogen and oxygen atoms in total. The summed E-state index contributed by atoms with van der Waals surface area (Å²) in [6.07, 6.45) is -2.89. The molecule has 1 aromatic rings. The number of halogens is 3. The molecule has 1 aliphatic rings. The highest BCUT2D eigenvalue weighted by Gasteiger charge is 2.42. The number of ether oxygens (including phenoxy) is 3. The third-order valence-corrected chi connectivity index (χ3v) is 7.18. The Balaban J connectivity index is 2.52. The zero-order valence-corrected chi connectivity index (χ0v) is 27.0. The molecular formula is C27H36BrCl2N5O8. The van der Waals surface area contributed by atoms with E-state index in [0.717, 1.165) is 0 Å². The lowest BCUT2D eigenvalue weighted by Crippen LogP contribution is -2.56. The van der Waals surface area contributed by atoms with Gasteiger partial charge >= 0.3 is 12.2 Å². The first-order chi connectivity index (χ1) is 20.4. The first kappa shape index (κ1) is 36.0. The monoisotopic (exact) mass is 707 g/mol. The van der Waals surface area contributed by atoms with E-state index in [1.807, 2.05) is 13.8 Å². The van der Waals surface area contributed by atoms with Crippen molar-refractivity contribution in [3.63, 3.8) is 0 Å². The van der Waals surface area contributed by atoms with Crippen molar-refractivity contribution in [2.75, 3.05) is 32.0 Å². The number of hydrogen-bond donors (Lipinski definition) is 5. The molecule has 0 unspecified atom stereocenters. The van der Waals surface area contributed by atoms with Crippen molar-refractivity contribution in [1.29, 1.82) is 0 Å². The van der Waals surface area contributed by atoms with Gasteiger partial charge in [-0.2, -0.15) is 0 Å². The van der Waals surface area contributed by atoms with Crippen molar-refractivity contribution in [1.82, 2.24) is 21.3 Å². The summed E-state index contributed by atoms with van der Waals surface area (Å²) in [5, 5.41) is 10.3. The van der Waals surface area contributed by atoms with Crippen molar-refractivity contribution >= 4 is 69.0 Å². The summed E-state index contributed by atoms with van der Waals surface area (Å²) in [5.41, 5.74) is 5.74. The van der Waals surface area contributed by atoms with E-state index in [1.54, 1.807) is 12.1 Å². The molecule has 43 heavy (non-hydrogen) atoms. The standard InChI is InChI=1S/C27H36BrCl2N5O8/c1-14(2)10-20(23(31)36)35-24(37)15-11-19(34-25(38)17-13-16(41-3)4-5-18(17)28)22(43-27(40)33-9-7-30)21(12-15)42-26(39)32-8-6-29/h4-5,11,13-14,19-22H,6-10,12H2,1-3H3,(H2,31,36)(H,32,39)(H,33,40)(H,34,38)(H,35,37)/t19-,20-,21-,22-/m1/s1. The molecule has 0 spiro atoms. The second-order valence-corrected chi connectivity index (χ2v) is 11.5. The molecule has 0 saturated heterocycles. The fraction of sp³-hybridized carbons (Fsp3) is 0.519. The van der Waals surface area contributed by atoms with Crippen LogP contribution >= 0.6 is 39.1 Å². The highest BCUT2D eigenvalue weighted by molar-refractivity contribution is 9.10. The van der Waals surface area contributed by atoms with Crippen molar-refractivity contribution in [3.8, 4) is 5.75 Å². The van der Waals surface area contributed by atoms with Gasteiger partial charge in [0, 0.05) is 41.3 Å². The van der Waals surface area contributed by atoms with Crippen LogP contribution in [0.1, 0.15) is 37.0 Å². The third-order valence-electron chi connectivity index (χ3n) is 6.11. The summed E-state index contributed by atoms with van der Waals surface area (Å²) < 4.78 is 16.8. The number of rotatable bonds is 14. The van der Waals surface area contributed by atoms with Gasteiger partial charge in [-0.3, -0.25) is 14.4 Å². The van der Waals surface area contributed by atoms with Gasteiger partial charge in [-0.1, -0.05) is 13.8 Å². The van der Waals surface area contributed by atoms with Gasteiger partial charge < -0.3 is 41.2 Å². The molecule has 238 valence electrons. The fourth-order valence-electron chi connectivity index (χ4n) is 4.14. The number of methoxy groups -OCH3 is 1. The number of hydrogen-bond acceptors (Lipinski definition) is 8. The molecule has 0 bridgehead atoms. The Labute approximate surface area is 268 Å². The first-order valence-electron chi connectivity index (χ1n) is 13.4. The molecule has 1 aromatic carbocycles. The number of nitrogens with one attached hydrogen (secondary N) is 4. The predicted octanol–water partition coefficient (Wildman–Crippen LogP) is 2.57. The van der Waals surface area contributed by atoms with Crippen molar-refractivity contribution in [2.45, 2.75) is 51.0 Å². The normalized spacial score (nSPS) is 18.5. The molecule has 6 N–H and O–H groups in total. The van der Waals surface area contributed by atoms with E-state index in [1.165, 1.54) is 19.3 Å². The van der Waals surface area contributed by atoms with Gasteiger partial charge in [-0.25, -0.2) is 9.59 Å². The van der Waals surface area contributed by atoms with Crippen molar-refractivity contribution < 1.29 is 38.2 Å². The maximum absolute atomic E-state index is 13.4. The van der Waals surface area contributed by atoms with Gasteiger partial charge in [0.05, 0.1) is 18.7 Å². The van der Waals surface area contributed by atoms with Gasteiger partial charge in [-0.15, -0.1) is 23.2 Å². The van der Waals surface area contributed by atoms with Crippen LogP contribution in [-0.2, 0) is 19.1 Å². The van der Waals surface area contributed by atoms with Crippen LogP contribution in [0.5, 0.6) is 5.75 Å². The van der Waals surface area contributed by atoms with E-state index in [4.69, 9.17) is 43.1 Å². The van der Waals surface area contributed by atoms with E-state index in [-0.39, 0.29) is 54.7 Å². The molecule has 4 atom stereocenters. The summed E-state index contributed by atoms with van der Waals surface area (Å²) in [5.74, 6) is -1.37. The number of carbonyl (C=O) groups excluding carboxylic acids is 5. The number of carbonyl (C=O) groups is 5. The number of primary amides is 1. The van der Waals surface area contributed by atoms with Crippen LogP contribution in [0.4, 0.5) is 9.59 Å². The molecule has 0 aromatic heterocycles. The van der Waals surface area contributed by atoms with Crippen LogP contribution in [-0.4, -0.2) is 86.2 Å². The molecule has 0 fully saturated rings. The first-order valence-corrected chi connectivity index (χ1v) is 15.2. The second-order valence-electron chi connectivity index (χ2n) is 9.84. The number of benzene rings is 1. The highest BCUT2D eigenvalue weighted by atomic mass is 79.9. The molecular weight excluding hydrogens is 673 g/mol. The minimum absolute atomic E-state index is 0.0393.